The van der Waals surface area contributed by atoms with Crippen molar-refractivity contribution in [3.8, 4) is 0 Å². The summed E-state index contributed by atoms with van der Waals surface area (Å²) in [5.74, 6) is 0. The molecule has 1 aromatic carbocycles. The highest BCUT2D eigenvalue weighted by atomic mass is 16.6. The molecule has 3 heteroatoms. The van der Waals surface area contributed by atoms with E-state index in [1.165, 1.54) is 11.1 Å². The van der Waals surface area contributed by atoms with Crippen LogP contribution in [0.5, 0.6) is 0 Å². The highest BCUT2D eigenvalue weighted by molar-refractivity contribution is 5.23. The molecule has 0 amide bonds. The number of rotatable bonds is 3. The Morgan fingerprint density at radius 1 is 1.25 bits per heavy atom. The van der Waals surface area contributed by atoms with E-state index in [0.717, 1.165) is 39.1 Å². The lowest BCUT2D eigenvalue weighted by Crippen LogP contribution is -2.48. The summed E-state index contributed by atoms with van der Waals surface area (Å²) in [6.07, 6.45) is 3.21. The fourth-order valence-electron chi connectivity index (χ4n) is 3.34. The summed E-state index contributed by atoms with van der Waals surface area (Å²) in [5, 5.41) is 3.77. The largest absolute Gasteiger partial charge is 0.378 e. The van der Waals surface area contributed by atoms with Gasteiger partial charge in [-0.05, 0) is 32.3 Å². The molecule has 0 aliphatic carbocycles. The summed E-state index contributed by atoms with van der Waals surface area (Å²) in [4.78, 5) is 0. The van der Waals surface area contributed by atoms with E-state index >= 15 is 0 Å². The Morgan fingerprint density at radius 2 is 2.05 bits per heavy atom. The van der Waals surface area contributed by atoms with Gasteiger partial charge < -0.3 is 14.8 Å². The van der Waals surface area contributed by atoms with E-state index in [4.69, 9.17) is 9.47 Å². The molecule has 3 atom stereocenters. The third-order valence-corrected chi connectivity index (χ3v) is 4.62. The fraction of sp³-hybridized carbons (Fsp3) is 0.647. The first-order valence-corrected chi connectivity index (χ1v) is 7.71. The number of benzene rings is 1. The van der Waals surface area contributed by atoms with Crippen LogP contribution >= 0.6 is 0 Å². The van der Waals surface area contributed by atoms with Crippen LogP contribution in [0.3, 0.4) is 0 Å². The van der Waals surface area contributed by atoms with Crippen LogP contribution in [0.4, 0.5) is 0 Å². The first-order valence-electron chi connectivity index (χ1n) is 7.71. The maximum Gasteiger partial charge on any atom is 0.0951 e. The Hall–Kier alpha value is -0.900. The third-order valence-electron chi connectivity index (χ3n) is 4.62. The Balaban J connectivity index is 1.60. The van der Waals surface area contributed by atoms with E-state index in [0.29, 0.717) is 12.1 Å². The van der Waals surface area contributed by atoms with Crippen molar-refractivity contribution >= 4 is 0 Å². The van der Waals surface area contributed by atoms with E-state index < -0.39 is 0 Å². The first kappa shape index (κ1) is 14.1. The summed E-state index contributed by atoms with van der Waals surface area (Å²) in [6, 6.07) is 9.73. The van der Waals surface area contributed by atoms with Gasteiger partial charge in [0.25, 0.3) is 0 Å². The molecule has 0 bridgehead atoms. The fourth-order valence-corrected chi connectivity index (χ4v) is 3.34. The van der Waals surface area contributed by atoms with E-state index in [2.05, 4.69) is 43.4 Å². The Kier molecular flexibility index (Phi) is 4.11. The van der Waals surface area contributed by atoms with Gasteiger partial charge >= 0.3 is 0 Å². The van der Waals surface area contributed by atoms with Crippen molar-refractivity contribution in [2.45, 2.75) is 50.8 Å². The van der Waals surface area contributed by atoms with Crippen LogP contribution in [0.25, 0.3) is 0 Å². The summed E-state index contributed by atoms with van der Waals surface area (Å²) in [5.41, 5.74) is 2.66. The highest BCUT2D eigenvalue weighted by Crippen LogP contribution is 2.33. The van der Waals surface area contributed by atoms with Gasteiger partial charge in [-0.25, -0.2) is 0 Å². The van der Waals surface area contributed by atoms with E-state index in [1.807, 2.05) is 0 Å². The topological polar surface area (TPSA) is 30.5 Å². The molecular formula is C17H25NO2. The van der Waals surface area contributed by atoms with Crippen molar-refractivity contribution in [3.63, 3.8) is 0 Å². The van der Waals surface area contributed by atoms with Crippen molar-refractivity contribution in [1.82, 2.24) is 5.32 Å². The minimum Gasteiger partial charge on any atom is -0.378 e. The molecule has 20 heavy (non-hydrogen) atoms. The minimum atomic E-state index is -0.0110. The molecule has 1 aromatic rings. The van der Waals surface area contributed by atoms with E-state index in [-0.39, 0.29) is 5.60 Å². The molecule has 2 aliphatic rings. The quantitative estimate of drug-likeness (QED) is 0.920. The van der Waals surface area contributed by atoms with Crippen LogP contribution in [-0.2, 0) is 9.47 Å². The molecule has 2 aliphatic heterocycles. The lowest BCUT2D eigenvalue weighted by molar-refractivity contribution is -0.0902. The van der Waals surface area contributed by atoms with Gasteiger partial charge in [0.15, 0.2) is 0 Å². The third kappa shape index (κ3) is 3.05. The Bertz CT molecular complexity index is 437. The van der Waals surface area contributed by atoms with E-state index in [9.17, 15) is 0 Å². The molecule has 3 rings (SSSR count). The maximum atomic E-state index is 5.99. The van der Waals surface area contributed by atoms with Gasteiger partial charge in [0, 0.05) is 31.7 Å². The first-order chi connectivity index (χ1) is 9.67. The zero-order valence-corrected chi connectivity index (χ0v) is 12.5. The second kappa shape index (κ2) is 5.84. The average Bonchev–Trinajstić information content (AvgIpc) is 2.87. The monoisotopic (exact) mass is 275 g/mol. The van der Waals surface area contributed by atoms with Gasteiger partial charge in [0.05, 0.1) is 12.2 Å². The summed E-state index contributed by atoms with van der Waals surface area (Å²) in [6.45, 7) is 6.84. The van der Waals surface area contributed by atoms with Gasteiger partial charge in [-0.15, -0.1) is 0 Å². The highest BCUT2D eigenvalue weighted by Gasteiger charge is 2.41. The smallest absolute Gasteiger partial charge is 0.0951 e. The number of hydrogen-bond donors (Lipinski definition) is 1. The van der Waals surface area contributed by atoms with Gasteiger partial charge in [0.2, 0.25) is 0 Å². The zero-order chi connectivity index (χ0) is 14.0. The minimum absolute atomic E-state index is 0.0110. The van der Waals surface area contributed by atoms with Gasteiger partial charge in [-0.3, -0.25) is 0 Å². The predicted octanol–water partition coefficient (Wildman–Crippen LogP) is 2.98. The molecule has 0 saturated carbocycles. The lowest BCUT2D eigenvalue weighted by Gasteiger charge is -2.38. The molecular weight excluding hydrogens is 250 g/mol. The lowest BCUT2D eigenvalue weighted by atomic mass is 9.89. The molecule has 1 N–H and O–H groups in total. The van der Waals surface area contributed by atoms with Crippen LogP contribution in [-0.4, -0.2) is 31.5 Å². The molecule has 2 fully saturated rings. The van der Waals surface area contributed by atoms with Crippen molar-refractivity contribution in [1.29, 1.82) is 0 Å². The van der Waals surface area contributed by atoms with E-state index in [1.54, 1.807) is 0 Å². The van der Waals surface area contributed by atoms with Crippen molar-refractivity contribution in [3.05, 3.63) is 35.4 Å². The Labute approximate surface area is 121 Å². The number of nitrogens with one attached hydrogen (secondary N) is 1. The normalized spacial score (nSPS) is 31.6. The maximum absolute atomic E-state index is 5.99. The number of ether oxygens (including phenoxy) is 2. The summed E-state index contributed by atoms with van der Waals surface area (Å²) >= 11 is 0. The summed E-state index contributed by atoms with van der Waals surface area (Å²) in [7, 11) is 0. The van der Waals surface area contributed by atoms with Crippen LogP contribution < -0.4 is 5.32 Å². The van der Waals surface area contributed by atoms with Gasteiger partial charge in [-0.1, -0.05) is 29.8 Å². The predicted molar refractivity (Wildman–Crippen MR) is 79.9 cm³/mol. The molecule has 2 heterocycles. The Morgan fingerprint density at radius 3 is 2.75 bits per heavy atom. The number of hydrogen-bond acceptors (Lipinski definition) is 3. The van der Waals surface area contributed by atoms with Crippen LogP contribution in [0.2, 0.25) is 0 Å². The molecule has 1 spiro atoms. The van der Waals surface area contributed by atoms with Crippen LogP contribution in [0.15, 0.2) is 24.3 Å². The van der Waals surface area contributed by atoms with Crippen molar-refractivity contribution in [2.24, 2.45) is 0 Å². The molecule has 0 aromatic heterocycles. The molecule has 2 saturated heterocycles. The average molecular weight is 275 g/mol. The second-order valence-corrected chi connectivity index (χ2v) is 6.32. The molecule has 110 valence electrons. The van der Waals surface area contributed by atoms with Crippen molar-refractivity contribution in [2.75, 3.05) is 19.8 Å². The number of aryl methyl sites for hydroxylation is 1. The second-order valence-electron chi connectivity index (χ2n) is 6.32. The van der Waals surface area contributed by atoms with Gasteiger partial charge in [0.1, 0.15) is 0 Å². The van der Waals surface area contributed by atoms with Crippen LogP contribution in [0, 0.1) is 6.92 Å². The molecule has 3 unspecified atom stereocenters. The van der Waals surface area contributed by atoms with Crippen molar-refractivity contribution < 1.29 is 9.47 Å². The SMILES string of the molecule is Cc1ccc(C(C)NC2CCOC3(CCOC3)C2)cc1. The molecule has 3 nitrogen and oxygen atoms in total. The molecule has 0 radical (unpaired) electrons. The zero-order valence-electron chi connectivity index (χ0n) is 12.5. The summed E-state index contributed by atoms with van der Waals surface area (Å²) < 4.78 is 11.5. The van der Waals surface area contributed by atoms with Gasteiger partial charge in [-0.2, -0.15) is 0 Å². The standard InChI is InChI=1S/C17H25NO2/c1-13-3-5-15(6-4-13)14(2)18-16-7-9-20-17(11-16)8-10-19-12-17/h3-6,14,16,18H,7-12H2,1-2H3. The van der Waals surface area contributed by atoms with Crippen LogP contribution in [0.1, 0.15) is 43.4 Å².